The van der Waals surface area contributed by atoms with Crippen LogP contribution in [0.2, 0.25) is 0 Å². The van der Waals surface area contributed by atoms with Gasteiger partial charge in [0.2, 0.25) is 0 Å². The van der Waals surface area contributed by atoms with Crippen LogP contribution in [-0.2, 0) is 16.3 Å². The van der Waals surface area contributed by atoms with Crippen molar-refractivity contribution in [1.82, 2.24) is 5.32 Å². The Hall–Kier alpha value is -0.870. The molecule has 0 saturated heterocycles. The lowest BCUT2D eigenvalue weighted by Crippen LogP contribution is -2.35. The molecule has 0 bridgehead atoms. The third kappa shape index (κ3) is 4.91. The largest absolute Gasteiger partial charge is 0.309 e. The zero-order valence-corrected chi connectivity index (χ0v) is 13.8. The maximum Gasteiger partial charge on any atom is 0.151 e. The monoisotopic (exact) mass is 297 g/mol. The summed E-state index contributed by atoms with van der Waals surface area (Å²) in [7, 11) is -3.07. The van der Waals surface area contributed by atoms with Crippen LogP contribution in [0.15, 0.2) is 24.3 Å². The Kier molecular flexibility index (Phi) is 6.69. The molecule has 1 aromatic rings. The Morgan fingerprint density at radius 1 is 1.20 bits per heavy atom. The van der Waals surface area contributed by atoms with Crippen molar-refractivity contribution in [2.75, 3.05) is 12.8 Å². The first-order chi connectivity index (χ1) is 9.40. The molecule has 0 aliphatic heterocycles. The topological polar surface area (TPSA) is 46.2 Å². The van der Waals surface area contributed by atoms with E-state index in [4.69, 9.17) is 0 Å². The SMILES string of the molecule is CCCNC(c1cccc(CCC)c1)C(C)S(C)(=O)=O. The molecule has 4 heteroatoms. The third-order valence-corrected chi connectivity index (χ3v) is 5.23. The summed E-state index contributed by atoms with van der Waals surface area (Å²) < 4.78 is 23.8. The van der Waals surface area contributed by atoms with Gasteiger partial charge in [0.25, 0.3) is 0 Å². The van der Waals surface area contributed by atoms with E-state index in [1.807, 2.05) is 12.1 Å². The van der Waals surface area contributed by atoms with E-state index in [2.05, 4.69) is 31.3 Å². The van der Waals surface area contributed by atoms with Gasteiger partial charge in [0, 0.05) is 12.3 Å². The van der Waals surface area contributed by atoms with E-state index in [0.29, 0.717) is 0 Å². The molecule has 0 radical (unpaired) electrons. The molecular weight excluding hydrogens is 270 g/mol. The summed E-state index contributed by atoms with van der Waals surface area (Å²) in [5.74, 6) is 0. The van der Waals surface area contributed by atoms with E-state index >= 15 is 0 Å². The lowest BCUT2D eigenvalue weighted by Gasteiger charge is -2.25. The van der Waals surface area contributed by atoms with Crippen molar-refractivity contribution in [3.05, 3.63) is 35.4 Å². The highest BCUT2D eigenvalue weighted by Crippen LogP contribution is 2.23. The minimum absolute atomic E-state index is 0.137. The molecule has 0 aliphatic rings. The number of sulfone groups is 1. The maximum atomic E-state index is 11.9. The Bertz CT molecular complexity index is 511. The predicted octanol–water partition coefficient (Wildman–Crippen LogP) is 3.11. The first-order valence-electron chi connectivity index (χ1n) is 7.41. The molecular formula is C16H27NO2S. The molecule has 1 rings (SSSR count). The normalized spacial score (nSPS) is 15.0. The van der Waals surface area contributed by atoms with Crippen LogP contribution in [0.25, 0.3) is 0 Å². The Morgan fingerprint density at radius 2 is 1.90 bits per heavy atom. The summed E-state index contributed by atoms with van der Waals surface area (Å²) in [6.45, 7) is 6.85. The molecule has 0 spiro atoms. The molecule has 0 aromatic heterocycles. The number of hydrogen-bond donors (Lipinski definition) is 1. The van der Waals surface area contributed by atoms with Gasteiger partial charge in [-0.15, -0.1) is 0 Å². The van der Waals surface area contributed by atoms with Crippen LogP contribution >= 0.6 is 0 Å². The van der Waals surface area contributed by atoms with Crippen molar-refractivity contribution < 1.29 is 8.42 Å². The Balaban J connectivity index is 3.06. The summed E-state index contributed by atoms with van der Waals surface area (Å²) in [5.41, 5.74) is 2.34. The molecule has 0 aliphatic carbocycles. The zero-order chi connectivity index (χ0) is 15.2. The van der Waals surface area contributed by atoms with Crippen LogP contribution in [0, 0.1) is 0 Å². The smallest absolute Gasteiger partial charge is 0.151 e. The highest BCUT2D eigenvalue weighted by molar-refractivity contribution is 7.91. The van der Waals surface area contributed by atoms with Gasteiger partial charge < -0.3 is 5.32 Å². The lowest BCUT2D eigenvalue weighted by atomic mass is 9.99. The first kappa shape index (κ1) is 17.2. The van der Waals surface area contributed by atoms with Crippen LogP contribution in [-0.4, -0.2) is 26.5 Å². The molecule has 0 saturated carbocycles. The van der Waals surface area contributed by atoms with Crippen LogP contribution in [0.4, 0.5) is 0 Å². The van der Waals surface area contributed by atoms with Gasteiger partial charge in [-0.25, -0.2) is 8.42 Å². The average Bonchev–Trinajstić information content (AvgIpc) is 2.39. The molecule has 0 amide bonds. The van der Waals surface area contributed by atoms with Crippen molar-refractivity contribution in [2.45, 2.75) is 51.3 Å². The summed E-state index contributed by atoms with van der Waals surface area (Å²) in [5, 5.41) is 2.96. The fourth-order valence-electron chi connectivity index (χ4n) is 2.33. The lowest BCUT2D eigenvalue weighted by molar-refractivity contribution is 0.500. The molecule has 0 fully saturated rings. The molecule has 2 atom stereocenters. The minimum atomic E-state index is -3.07. The number of rotatable bonds is 8. The standard InChI is InChI=1S/C16H27NO2S/c1-5-8-14-9-7-10-15(12-14)16(17-11-6-2)13(3)20(4,18)19/h7,9-10,12-13,16-17H,5-6,8,11H2,1-4H3. The molecule has 1 aromatic carbocycles. The van der Waals surface area contributed by atoms with E-state index in [1.54, 1.807) is 6.92 Å². The Labute approximate surface area is 123 Å². The molecule has 1 N–H and O–H groups in total. The maximum absolute atomic E-state index is 11.9. The third-order valence-electron chi connectivity index (χ3n) is 3.61. The highest BCUT2D eigenvalue weighted by Gasteiger charge is 2.26. The second-order valence-electron chi connectivity index (χ2n) is 5.46. The van der Waals surface area contributed by atoms with Crippen LogP contribution in [0.5, 0.6) is 0 Å². The number of nitrogens with one attached hydrogen (secondary N) is 1. The van der Waals surface area contributed by atoms with Crippen LogP contribution in [0.3, 0.4) is 0 Å². The first-order valence-corrected chi connectivity index (χ1v) is 9.36. The minimum Gasteiger partial charge on any atom is -0.309 e. The molecule has 20 heavy (non-hydrogen) atoms. The van der Waals surface area contributed by atoms with E-state index in [1.165, 1.54) is 11.8 Å². The van der Waals surface area contributed by atoms with Crippen molar-refractivity contribution in [1.29, 1.82) is 0 Å². The van der Waals surface area contributed by atoms with Gasteiger partial charge in [0.1, 0.15) is 0 Å². The van der Waals surface area contributed by atoms with Gasteiger partial charge in [-0.2, -0.15) is 0 Å². The average molecular weight is 297 g/mol. The van der Waals surface area contributed by atoms with Gasteiger partial charge in [-0.1, -0.05) is 44.5 Å². The number of aryl methyl sites for hydroxylation is 1. The summed E-state index contributed by atoms with van der Waals surface area (Å²) in [6, 6.07) is 8.15. The Morgan fingerprint density at radius 3 is 2.45 bits per heavy atom. The fourth-order valence-corrected chi connectivity index (χ4v) is 3.08. The highest BCUT2D eigenvalue weighted by atomic mass is 32.2. The predicted molar refractivity (Wildman–Crippen MR) is 85.8 cm³/mol. The quantitative estimate of drug-likeness (QED) is 0.802. The fraction of sp³-hybridized carbons (Fsp3) is 0.625. The molecule has 2 unspecified atom stereocenters. The van der Waals surface area contributed by atoms with Crippen LogP contribution in [0.1, 0.15) is 50.8 Å². The van der Waals surface area contributed by atoms with Crippen molar-refractivity contribution in [3.8, 4) is 0 Å². The van der Waals surface area contributed by atoms with Crippen molar-refractivity contribution in [2.24, 2.45) is 0 Å². The zero-order valence-electron chi connectivity index (χ0n) is 13.0. The van der Waals surface area contributed by atoms with Crippen molar-refractivity contribution >= 4 is 9.84 Å². The molecule has 114 valence electrons. The second-order valence-corrected chi connectivity index (χ2v) is 7.86. The summed E-state index contributed by atoms with van der Waals surface area (Å²) >= 11 is 0. The number of hydrogen-bond acceptors (Lipinski definition) is 3. The van der Waals surface area contributed by atoms with Gasteiger partial charge in [0.15, 0.2) is 9.84 Å². The van der Waals surface area contributed by atoms with Crippen molar-refractivity contribution in [3.63, 3.8) is 0 Å². The molecule has 0 heterocycles. The molecule has 3 nitrogen and oxygen atoms in total. The van der Waals surface area contributed by atoms with E-state index in [0.717, 1.165) is 31.4 Å². The number of benzene rings is 1. The van der Waals surface area contributed by atoms with Gasteiger partial charge in [-0.3, -0.25) is 0 Å². The van der Waals surface area contributed by atoms with E-state index in [9.17, 15) is 8.42 Å². The summed E-state index contributed by atoms with van der Waals surface area (Å²) in [6.07, 6.45) is 4.43. The van der Waals surface area contributed by atoms with Gasteiger partial charge >= 0.3 is 0 Å². The van der Waals surface area contributed by atoms with Crippen LogP contribution < -0.4 is 5.32 Å². The van der Waals surface area contributed by atoms with E-state index < -0.39 is 15.1 Å². The van der Waals surface area contributed by atoms with E-state index in [-0.39, 0.29) is 6.04 Å². The van der Waals surface area contributed by atoms with Gasteiger partial charge in [-0.05, 0) is 37.4 Å². The van der Waals surface area contributed by atoms with Gasteiger partial charge in [0.05, 0.1) is 5.25 Å². The summed E-state index contributed by atoms with van der Waals surface area (Å²) in [4.78, 5) is 0. The second kappa shape index (κ2) is 7.79.